The van der Waals surface area contributed by atoms with Gasteiger partial charge in [-0.3, -0.25) is 19.7 Å². The Morgan fingerprint density at radius 3 is 2.43 bits per heavy atom. The lowest BCUT2D eigenvalue weighted by molar-refractivity contribution is -0.147. The van der Waals surface area contributed by atoms with Crippen LogP contribution in [0.15, 0.2) is 0 Å². The number of piperazine rings is 1. The number of carbonyl (C=O) groups is 3. The van der Waals surface area contributed by atoms with Crippen molar-refractivity contribution in [2.75, 3.05) is 19.6 Å². The highest BCUT2D eigenvalue weighted by Gasteiger charge is 2.28. The van der Waals surface area contributed by atoms with E-state index in [1.165, 1.54) is 4.90 Å². The van der Waals surface area contributed by atoms with Crippen molar-refractivity contribution in [2.45, 2.75) is 6.92 Å². The third kappa shape index (κ3) is 2.29. The quantitative estimate of drug-likeness (QED) is 0.506. The minimum atomic E-state index is -0.446. The first-order valence-electron chi connectivity index (χ1n) is 4.36. The Morgan fingerprint density at radius 1 is 1.50 bits per heavy atom. The molecule has 3 N–H and O–H groups in total. The molecule has 1 fully saturated rings. The molecule has 1 heterocycles. The van der Waals surface area contributed by atoms with Gasteiger partial charge in [0.1, 0.15) is 13.1 Å². The molecule has 0 saturated carbocycles. The van der Waals surface area contributed by atoms with Gasteiger partial charge < -0.3 is 10.6 Å². The number of nitrogens with two attached hydrogens (primary N) is 1. The number of hydrogen-bond donors (Lipinski definition) is 2. The van der Waals surface area contributed by atoms with E-state index in [4.69, 9.17) is 5.73 Å². The Balaban J connectivity index is 2.63. The summed E-state index contributed by atoms with van der Waals surface area (Å²) in [6, 6.07) is 0. The summed E-state index contributed by atoms with van der Waals surface area (Å²) >= 11 is 0. The summed E-state index contributed by atoms with van der Waals surface area (Å²) in [4.78, 5) is 34.6. The summed E-state index contributed by atoms with van der Waals surface area (Å²) in [6.45, 7) is 1.76. The van der Waals surface area contributed by atoms with Gasteiger partial charge in [0.25, 0.3) is 0 Å². The predicted octanol–water partition coefficient (Wildman–Crippen LogP) is -1.93. The maximum Gasteiger partial charge on any atom is 0.246 e. The fourth-order valence-electron chi connectivity index (χ4n) is 1.21. The number of rotatable bonds is 2. The number of hydrogen-bond acceptors (Lipinski definition) is 4. The van der Waals surface area contributed by atoms with E-state index in [1.807, 2.05) is 0 Å². The molecule has 14 heavy (non-hydrogen) atoms. The first-order valence-corrected chi connectivity index (χ1v) is 4.36. The van der Waals surface area contributed by atoms with Crippen molar-refractivity contribution in [3.8, 4) is 0 Å². The molecule has 1 aliphatic rings. The number of imide groups is 1. The maximum absolute atomic E-state index is 11.5. The van der Waals surface area contributed by atoms with Crippen molar-refractivity contribution in [1.29, 1.82) is 0 Å². The Kier molecular flexibility index (Phi) is 3.19. The van der Waals surface area contributed by atoms with E-state index in [-0.39, 0.29) is 31.5 Å². The van der Waals surface area contributed by atoms with Crippen LogP contribution < -0.4 is 11.1 Å². The molecule has 1 unspecified atom stereocenters. The van der Waals surface area contributed by atoms with Gasteiger partial charge in [-0.25, -0.2) is 0 Å². The zero-order valence-corrected chi connectivity index (χ0v) is 7.95. The van der Waals surface area contributed by atoms with Gasteiger partial charge in [0.2, 0.25) is 17.7 Å². The molecular formula is C8H13N3O3. The van der Waals surface area contributed by atoms with Crippen LogP contribution in [-0.2, 0) is 14.4 Å². The van der Waals surface area contributed by atoms with Gasteiger partial charge in [-0.05, 0) is 0 Å². The molecule has 1 aliphatic heterocycles. The molecule has 78 valence electrons. The molecule has 1 saturated heterocycles. The molecule has 0 aromatic heterocycles. The van der Waals surface area contributed by atoms with Crippen LogP contribution in [0.25, 0.3) is 0 Å². The third-order valence-corrected chi connectivity index (χ3v) is 2.03. The highest BCUT2D eigenvalue weighted by molar-refractivity contribution is 6.02. The standard InChI is InChI=1S/C8H13N3O3/c1-5(2-9)8(14)11-3-6(12)10-7(13)4-11/h5H,2-4,9H2,1H3,(H,10,12,13). The van der Waals surface area contributed by atoms with Crippen molar-refractivity contribution in [3.05, 3.63) is 0 Å². The molecular weight excluding hydrogens is 186 g/mol. The van der Waals surface area contributed by atoms with E-state index in [0.717, 1.165) is 0 Å². The van der Waals surface area contributed by atoms with Gasteiger partial charge in [-0.1, -0.05) is 6.92 Å². The molecule has 0 aromatic rings. The van der Waals surface area contributed by atoms with Crippen LogP contribution >= 0.6 is 0 Å². The molecule has 0 spiro atoms. The first-order chi connectivity index (χ1) is 6.54. The summed E-state index contributed by atoms with van der Waals surface area (Å²) in [6.07, 6.45) is 0. The highest BCUT2D eigenvalue weighted by atomic mass is 16.2. The minimum absolute atomic E-state index is 0.0606. The van der Waals surface area contributed by atoms with Gasteiger partial charge in [0.15, 0.2) is 0 Å². The molecule has 1 atom stereocenters. The van der Waals surface area contributed by atoms with Crippen LogP contribution in [0.1, 0.15) is 6.92 Å². The SMILES string of the molecule is CC(CN)C(=O)N1CC(=O)NC(=O)C1. The average molecular weight is 199 g/mol. The summed E-state index contributed by atoms with van der Waals surface area (Å²) in [5, 5.41) is 2.12. The van der Waals surface area contributed by atoms with Crippen molar-refractivity contribution < 1.29 is 14.4 Å². The van der Waals surface area contributed by atoms with Crippen LogP contribution in [0.5, 0.6) is 0 Å². The number of nitrogens with one attached hydrogen (secondary N) is 1. The molecule has 6 heteroatoms. The van der Waals surface area contributed by atoms with Gasteiger partial charge in [0.05, 0.1) is 0 Å². The van der Waals surface area contributed by atoms with Crippen molar-refractivity contribution >= 4 is 17.7 Å². The highest BCUT2D eigenvalue weighted by Crippen LogP contribution is 2.03. The zero-order chi connectivity index (χ0) is 10.7. The van der Waals surface area contributed by atoms with Crippen LogP contribution in [0.2, 0.25) is 0 Å². The van der Waals surface area contributed by atoms with Crippen LogP contribution in [0, 0.1) is 5.92 Å². The lowest BCUT2D eigenvalue weighted by atomic mass is 10.1. The molecule has 6 nitrogen and oxygen atoms in total. The Morgan fingerprint density at radius 2 is 2.00 bits per heavy atom. The largest absolute Gasteiger partial charge is 0.330 e. The number of carbonyl (C=O) groups excluding carboxylic acids is 3. The third-order valence-electron chi connectivity index (χ3n) is 2.03. The molecule has 0 aliphatic carbocycles. The topological polar surface area (TPSA) is 92.5 Å². The van der Waals surface area contributed by atoms with Crippen molar-refractivity contribution in [3.63, 3.8) is 0 Å². The first kappa shape index (κ1) is 10.6. The summed E-state index contributed by atoms with van der Waals surface area (Å²) in [5.41, 5.74) is 5.32. The second kappa shape index (κ2) is 4.19. The average Bonchev–Trinajstić information content (AvgIpc) is 2.14. The molecule has 1 rings (SSSR count). The summed E-state index contributed by atoms with van der Waals surface area (Å²) < 4.78 is 0. The van der Waals surface area contributed by atoms with Gasteiger partial charge in [-0.15, -0.1) is 0 Å². The van der Waals surface area contributed by atoms with E-state index in [2.05, 4.69) is 5.32 Å². The summed E-state index contributed by atoms with van der Waals surface area (Å²) in [7, 11) is 0. The van der Waals surface area contributed by atoms with E-state index < -0.39 is 11.8 Å². The predicted molar refractivity (Wildman–Crippen MR) is 47.9 cm³/mol. The van der Waals surface area contributed by atoms with Gasteiger partial charge in [-0.2, -0.15) is 0 Å². The molecule has 0 radical (unpaired) electrons. The fraction of sp³-hybridized carbons (Fsp3) is 0.625. The van der Waals surface area contributed by atoms with Crippen LogP contribution in [-0.4, -0.2) is 42.3 Å². The number of amides is 3. The molecule has 0 bridgehead atoms. The monoisotopic (exact) mass is 199 g/mol. The lowest BCUT2D eigenvalue weighted by Crippen LogP contribution is -2.54. The van der Waals surface area contributed by atoms with E-state index in [0.29, 0.717) is 0 Å². The van der Waals surface area contributed by atoms with E-state index >= 15 is 0 Å². The van der Waals surface area contributed by atoms with Crippen molar-refractivity contribution in [2.24, 2.45) is 11.7 Å². The normalized spacial score (nSPS) is 19.1. The Bertz CT molecular complexity index is 261. The zero-order valence-electron chi connectivity index (χ0n) is 7.95. The fourth-order valence-corrected chi connectivity index (χ4v) is 1.21. The van der Waals surface area contributed by atoms with Crippen LogP contribution in [0.3, 0.4) is 0 Å². The lowest BCUT2D eigenvalue weighted by Gasteiger charge is -2.27. The second-order valence-corrected chi connectivity index (χ2v) is 3.30. The molecule has 3 amide bonds. The molecule has 0 aromatic carbocycles. The maximum atomic E-state index is 11.5. The van der Waals surface area contributed by atoms with Crippen LogP contribution in [0.4, 0.5) is 0 Å². The summed E-state index contributed by atoms with van der Waals surface area (Å²) in [5.74, 6) is -1.50. The Hall–Kier alpha value is -1.43. The second-order valence-electron chi connectivity index (χ2n) is 3.30. The smallest absolute Gasteiger partial charge is 0.246 e. The Labute approximate surface area is 81.4 Å². The van der Waals surface area contributed by atoms with Gasteiger partial charge >= 0.3 is 0 Å². The van der Waals surface area contributed by atoms with Gasteiger partial charge in [0, 0.05) is 12.5 Å². The van der Waals surface area contributed by atoms with Crippen molar-refractivity contribution in [1.82, 2.24) is 10.2 Å². The minimum Gasteiger partial charge on any atom is -0.330 e. The van der Waals surface area contributed by atoms with E-state index in [9.17, 15) is 14.4 Å². The van der Waals surface area contributed by atoms with E-state index in [1.54, 1.807) is 6.92 Å². The number of nitrogens with zero attached hydrogens (tertiary/aromatic N) is 1.